The lowest BCUT2D eigenvalue weighted by molar-refractivity contribution is 0.483. The molecule has 0 amide bonds. The van der Waals surface area contributed by atoms with Crippen LogP contribution in [0.1, 0.15) is 0 Å². The van der Waals surface area contributed by atoms with Crippen molar-refractivity contribution in [2.24, 2.45) is 0 Å². The minimum atomic E-state index is -4.29. The molecule has 7 heteroatoms. The first kappa shape index (κ1) is 24.5. The average Bonchev–Trinajstić information content (AvgIpc) is 3.48. The molecule has 1 N–H and O–H groups in total. The van der Waals surface area contributed by atoms with Gasteiger partial charge in [0.15, 0.2) is 5.76 Å². The van der Waals surface area contributed by atoms with E-state index in [2.05, 4.69) is 4.98 Å². The topological polar surface area (TPSA) is 91.7 Å². The highest BCUT2D eigenvalue weighted by molar-refractivity contribution is 7.85. The van der Waals surface area contributed by atoms with E-state index in [0.29, 0.717) is 28.7 Å². The van der Waals surface area contributed by atoms with E-state index >= 15 is 0 Å². The second kappa shape index (κ2) is 10.1. The van der Waals surface area contributed by atoms with Crippen molar-refractivity contribution in [3.8, 4) is 56.6 Å². The van der Waals surface area contributed by atoms with Crippen LogP contribution >= 0.6 is 0 Å². The van der Waals surface area contributed by atoms with Crippen LogP contribution in [-0.4, -0.2) is 18.0 Å². The standard InChI is InChI=1S/C32H21NO5S/c34-39(35,36)28-17-15-24(16-18-28)30-20-27(22-7-3-1-4-8-22)19-29(37-30)23-11-13-25(14-12-23)31-21-33-32(38-31)26-9-5-2-6-10-26/h1-21H/p+1. The van der Waals surface area contributed by atoms with E-state index in [1.807, 2.05) is 97.1 Å². The van der Waals surface area contributed by atoms with Gasteiger partial charge in [-0.05, 0) is 54.1 Å². The fourth-order valence-corrected chi connectivity index (χ4v) is 4.78. The predicted octanol–water partition coefficient (Wildman–Crippen LogP) is 8.13. The van der Waals surface area contributed by atoms with Crippen molar-refractivity contribution in [3.05, 3.63) is 128 Å². The minimum Gasteiger partial charge on any atom is -0.436 e. The van der Waals surface area contributed by atoms with Crippen LogP contribution in [0.4, 0.5) is 0 Å². The van der Waals surface area contributed by atoms with Crippen molar-refractivity contribution in [2.45, 2.75) is 4.90 Å². The number of aromatic nitrogens is 1. The monoisotopic (exact) mass is 532 g/mol. The molecule has 6 nitrogen and oxygen atoms in total. The molecule has 0 aliphatic rings. The fourth-order valence-electron chi connectivity index (χ4n) is 4.30. The SMILES string of the molecule is O=S(=O)(O)c1ccc(-c2cc(-c3ccccc3)cc(-c3ccc(-c4cnc(-c5ccccc5)o4)cc3)[o+]2)cc1. The Morgan fingerprint density at radius 3 is 1.67 bits per heavy atom. The minimum absolute atomic E-state index is 0.177. The zero-order chi connectivity index (χ0) is 26.8. The third kappa shape index (κ3) is 5.27. The molecule has 4 aromatic carbocycles. The van der Waals surface area contributed by atoms with Crippen molar-refractivity contribution < 1.29 is 21.8 Å². The molecule has 0 aliphatic carbocycles. The first-order valence-electron chi connectivity index (χ1n) is 12.2. The Labute approximate surface area is 225 Å². The van der Waals surface area contributed by atoms with Crippen LogP contribution < -0.4 is 0 Å². The molecule has 0 saturated carbocycles. The van der Waals surface area contributed by atoms with E-state index in [1.165, 1.54) is 12.1 Å². The van der Waals surface area contributed by atoms with Gasteiger partial charge in [0, 0.05) is 16.7 Å². The third-order valence-electron chi connectivity index (χ3n) is 6.32. The van der Waals surface area contributed by atoms with Gasteiger partial charge in [-0.25, -0.2) is 9.40 Å². The summed E-state index contributed by atoms with van der Waals surface area (Å²) >= 11 is 0. The Bertz CT molecular complexity index is 1850. The van der Waals surface area contributed by atoms with Gasteiger partial charge in [-0.15, -0.1) is 0 Å². The largest absolute Gasteiger partial charge is 0.436 e. The second-order valence-corrected chi connectivity index (χ2v) is 10.3. The van der Waals surface area contributed by atoms with E-state index in [1.54, 1.807) is 18.3 Å². The van der Waals surface area contributed by atoms with Crippen molar-refractivity contribution in [1.82, 2.24) is 4.98 Å². The molecule has 190 valence electrons. The average molecular weight is 533 g/mol. The lowest BCUT2D eigenvalue weighted by Gasteiger charge is -2.03. The van der Waals surface area contributed by atoms with Crippen LogP contribution in [0.3, 0.4) is 0 Å². The Balaban J connectivity index is 1.37. The molecule has 2 heterocycles. The maximum absolute atomic E-state index is 11.5. The van der Waals surface area contributed by atoms with Gasteiger partial charge in [0.1, 0.15) is 0 Å². The third-order valence-corrected chi connectivity index (χ3v) is 7.19. The summed E-state index contributed by atoms with van der Waals surface area (Å²) in [5.41, 5.74) is 5.28. The van der Waals surface area contributed by atoms with Crippen molar-refractivity contribution in [2.75, 3.05) is 0 Å². The number of benzene rings is 4. The summed E-state index contributed by atoms with van der Waals surface area (Å²) in [5.74, 6) is 2.42. The Morgan fingerprint density at radius 2 is 1.10 bits per heavy atom. The van der Waals surface area contributed by atoms with Crippen molar-refractivity contribution in [3.63, 3.8) is 0 Å². The quantitative estimate of drug-likeness (QED) is 0.172. The highest BCUT2D eigenvalue weighted by Crippen LogP contribution is 2.34. The number of oxazole rings is 1. The van der Waals surface area contributed by atoms with Gasteiger partial charge in [-0.1, -0.05) is 60.7 Å². The lowest BCUT2D eigenvalue weighted by Crippen LogP contribution is -1.97. The molecule has 6 aromatic rings. The molecule has 6 rings (SSSR count). The highest BCUT2D eigenvalue weighted by Gasteiger charge is 2.22. The Hall–Kier alpha value is -4.85. The molecule has 0 aliphatic heterocycles. The maximum atomic E-state index is 11.5. The fraction of sp³-hybridized carbons (Fsp3) is 0. The lowest BCUT2D eigenvalue weighted by atomic mass is 10.0. The van der Waals surface area contributed by atoms with Crippen LogP contribution in [0.5, 0.6) is 0 Å². The first-order chi connectivity index (χ1) is 18.9. The molecule has 0 saturated heterocycles. The van der Waals surface area contributed by atoms with Gasteiger partial charge in [-0.3, -0.25) is 4.55 Å². The van der Waals surface area contributed by atoms with Crippen LogP contribution in [0.25, 0.3) is 56.6 Å². The molecule has 0 atom stereocenters. The molecule has 0 bridgehead atoms. The summed E-state index contributed by atoms with van der Waals surface area (Å²) in [6, 6.07) is 37.3. The summed E-state index contributed by atoms with van der Waals surface area (Å²) in [5, 5.41) is 0. The molecule has 0 unspecified atom stereocenters. The van der Waals surface area contributed by atoms with E-state index in [-0.39, 0.29) is 4.90 Å². The smallest absolute Gasteiger partial charge is 0.361 e. The van der Waals surface area contributed by atoms with E-state index in [9.17, 15) is 13.0 Å². The zero-order valence-electron chi connectivity index (χ0n) is 20.6. The van der Waals surface area contributed by atoms with E-state index in [0.717, 1.165) is 27.8 Å². The van der Waals surface area contributed by atoms with Crippen molar-refractivity contribution in [1.29, 1.82) is 0 Å². The summed E-state index contributed by atoms with van der Waals surface area (Å²) in [6.45, 7) is 0. The van der Waals surface area contributed by atoms with Crippen LogP contribution in [0.2, 0.25) is 0 Å². The van der Waals surface area contributed by atoms with Gasteiger partial charge < -0.3 is 4.42 Å². The molecule has 0 radical (unpaired) electrons. The van der Waals surface area contributed by atoms with Crippen LogP contribution in [-0.2, 0) is 10.1 Å². The molecule has 2 aromatic heterocycles. The molecule has 0 fully saturated rings. The summed E-state index contributed by atoms with van der Waals surface area (Å²) in [6.07, 6.45) is 1.71. The second-order valence-electron chi connectivity index (χ2n) is 8.91. The van der Waals surface area contributed by atoms with Gasteiger partial charge in [0.25, 0.3) is 10.1 Å². The van der Waals surface area contributed by atoms with Gasteiger partial charge in [0.2, 0.25) is 5.89 Å². The number of hydrogen-bond donors (Lipinski definition) is 1. The molecule has 0 spiro atoms. The number of hydrogen-bond acceptors (Lipinski definition) is 4. The number of nitrogens with zero attached hydrogens (tertiary/aromatic N) is 1. The van der Waals surface area contributed by atoms with E-state index < -0.39 is 10.1 Å². The van der Waals surface area contributed by atoms with Gasteiger partial charge in [-0.2, -0.15) is 8.42 Å². The van der Waals surface area contributed by atoms with Crippen LogP contribution in [0.15, 0.2) is 141 Å². The maximum Gasteiger partial charge on any atom is 0.361 e. The molecular weight excluding hydrogens is 510 g/mol. The van der Waals surface area contributed by atoms with E-state index in [4.69, 9.17) is 8.83 Å². The Morgan fingerprint density at radius 1 is 0.590 bits per heavy atom. The summed E-state index contributed by atoms with van der Waals surface area (Å²) in [4.78, 5) is 4.24. The zero-order valence-corrected chi connectivity index (χ0v) is 21.4. The van der Waals surface area contributed by atoms with Gasteiger partial charge in [0.05, 0.1) is 34.4 Å². The normalized spacial score (nSPS) is 11.4. The first-order valence-corrected chi connectivity index (χ1v) is 13.6. The molecular formula is C32H22NO5S+. The predicted molar refractivity (Wildman–Crippen MR) is 150 cm³/mol. The van der Waals surface area contributed by atoms with Crippen LogP contribution in [0, 0.1) is 0 Å². The van der Waals surface area contributed by atoms with Gasteiger partial charge >= 0.3 is 11.5 Å². The van der Waals surface area contributed by atoms with Crippen molar-refractivity contribution >= 4 is 10.1 Å². The summed E-state index contributed by atoms with van der Waals surface area (Å²) in [7, 11) is -4.29. The Kier molecular flexibility index (Phi) is 6.36. The highest BCUT2D eigenvalue weighted by atomic mass is 32.2. The summed E-state index contributed by atoms with van der Waals surface area (Å²) < 4.78 is 44.6. The molecule has 39 heavy (non-hydrogen) atoms. The number of rotatable bonds is 6.